The van der Waals surface area contributed by atoms with Gasteiger partial charge in [0.15, 0.2) is 0 Å². The second-order valence-electron chi connectivity index (χ2n) is 6.75. The minimum absolute atomic E-state index is 0.0519. The molecule has 0 unspecified atom stereocenters. The number of likely N-dealkylation sites (tertiary alicyclic amines) is 1. The van der Waals surface area contributed by atoms with Crippen molar-refractivity contribution in [2.75, 3.05) is 26.7 Å². The number of carbonyl (C=O) groups excluding carboxylic acids is 1. The van der Waals surface area contributed by atoms with Crippen LogP contribution in [0.25, 0.3) is 0 Å². The zero-order valence-electron chi connectivity index (χ0n) is 12.7. The second kappa shape index (κ2) is 6.39. The molecule has 5 heteroatoms. The highest BCUT2D eigenvalue weighted by Gasteiger charge is 2.50. The van der Waals surface area contributed by atoms with Gasteiger partial charge < -0.3 is 16.0 Å². The molecule has 20 heavy (non-hydrogen) atoms. The van der Waals surface area contributed by atoms with E-state index in [1.807, 2.05) is 0 Å². The number of hydrogen-bond donors (Lipinski definition) is 2. The van der Waals surface area contributed by atoms with Crippen LogP contribution in [-0.4, -0.2) is 42.5 Å². The van der Waals surface area contributed by atoms with Gasteiger partial charge in [0.1, 0.15) is 0 Å². The van der Waals surface area contributed by atoms with Crippen molar-refractivity contribution in [3.8, 4) is 0 Å². The van der Waals surface area contributed by atoms with E-state index in [9.17, 15) is 4.79 Å². The lowest BCUT2D eigenvalue weighted by Crippen LogP contribution is -2.56. The van der Waals surface area contributed by atoms with E-state index in [0.717, 1.165) is 31.7 Å². The SMILES string of the molecule is CC1CC(C(=O)NCCC2CCN(C)CC2)(C(N)=S)C1. The Hall–Kier alpha value is -0.680. The van der Waals surface area contributed by atoms with Crippen LogP contribution in [0.15, 0.2) is 0 Å². The monoisotopic (exact) mass is 297 g/mol. The molecule has 114 valence electrons. The first kappa shape index (κ1) is 15.7. The standard InChI is InChI=1S/C15H27N3OS/c1-11-9-15(10-11,13(16)20)14(19)17-6-3-12-4-7-18(2)8-5-12/h11-12H,3-10H2,1-2H3,(H2,16,20)(H,17,19). The van der Waals surface area contributed by atoms with Crippen LogP contribution in [0.1, 0.15) is 39.0 Å². The van der Waals surface area contributed by atoms with E-state index in [4.69, 9.17) is 18.0 Å². The molecule has 0 atom stereocenters. The minimum atomic E-state index is -0.554. The van der Waals surface area contributed by atoms with Gasteiger partial charge in [-0.15, -0.1) is 0 Å². The van der Waals surface area contributed by atoms with Crippen LogP contribution in [0.4, 0.5) is 0 Å². The van der Waals surface area contributed by atoms with Crippen molar-refractivity contribution >= 4 is 23.1 Å². The second-order valence-corrected chi connectivity index (χ2v) is 7.19. The van der Waals surface area contributed by atoms with Crippen molar-refractivity contribution in [3.05, 3.63) is 0 Å². The van der Waals surface area contributed by atoms with Crippen LogP contribution in [0.3, 0.4) is 0 Å². The summed E-state index contributed by atoms with van der Waals surface area (Å²) in [7, 11) is 2.17. The Balaban J connectivity index is 1.73. The topological polar surface area (TPSA) is 58.4 Å². The summed E-state index contributed by atoms with van der Waals surface area (Å²) in [5.41, 5.74) is 5.24. The van der Waals surface area contributed by atoms with Gasteiger partial charge in [-0.05, 0) is 64.1 Å². The Bertz CT molecular complexity index is 371. The number of thiocarbonyl (C=S) groups is 1. The Morgan fingerprint density at radius 2 is 2.00 bits per heavy atom. The summed E-state index contributed by atoms with van der Waals surface area (Å²) < 4.78 is 0. The molecule has 1 heterocycles. The fourth-order valence-corrected chi connectivity index (χ4v) is 3.80. The van der Waals surface area contributed by atoms with E-state index in [1.54, 1.807) is 0 Å². The number of piperidine rings is 1. The third kappa shape index (κ3) is 3.31. The molecule has 2 fully saturated rings. The van der Waals surface area contributed by atoms with Gasteiger partial charge in [-0.25, -0.2) is 0 Å². The van der Waals surface area contributed by atoms with Gasteiger partial charge in [0.05, 0.1) is 10.4 Å². The first-order valence-electron chi connectivity index (χ1n) is 7.71. The van der Waals surface area contributed by atoms with Gasteiger partial charge in [0, 0.05) is 6.54 Å². The van der Waals surface area contributed by atoms with Crippen LogP contribution in [-0.2, 0) is 4.79 Å². The molecule has 0 aromatic rings. The Morgan fingerprint density at radius 3 is 2.50 bits per heavy atom. The Labute approximate surface area is 127 Å². The quantitative estimate of drug-likeness (QED) is 0.756. The maximum absolute atomic E-state index is 12.3. The van der Waals surface area contributed by atoms with Crippen molar-refractivity contribution < 1.29 is 4.79 Å². The molecule has 2 aliphatic rings. The molecule has 0 radical (unpaired) electrons. The number of nitrogens with zero attached hydrogens (tertiary/aromatic N) is 1. The van der Waals surface area contributed by atoms with E-state index in [1.165, 1.54) is 25.9 Å². The molecule has 0 bridgehead atoms. The minimum Gasteiger partial charge on any atom is -0.392 e. The van der Waals surface area contributed by atoms with E-state index in [-0.39, 0.29) is 5.91 Å². The van der Waals surface area contributed by atoms with Crippen molar-refractivity contribution in [2.45, 2.75) is 39.0 Å². The Kier molecular flexibility index (Phi) is 5.02. The summed E-state index contributed by atoms with van der Waals surface area (Å²) in [4.78, 5) is 15.1. The van der Waals surface area contributed by atoms with Crippen molar-refractivity contribution in [2.24, 2.45) is 23.0 Å². The molecule has 3 N–H and O–H groups in total. The van der Waals surface area contributed by atoms with Gasteiger partial charge in [-0.1, -0.05) is 19.1 Å². The number of carbonyl (C=O) groups is 1. The molecule has 1 saturated heterocycles. The first-order valence-corrected chi connectivity index (χ1v) is 8.11. The van der Waals surface area contributed by atoms with Crippen LogP contribution in [0, 0.1) is 17.3 Å². The van der Waals surface area contributed by atoms with Crippen molar-refractivity contribution in [1.29, 1.82) is 0 Å². The lowest BCUT2D eigenvalue weighted by molar-refractivity contribution is -0.132. The van der Waals surface area contributed by atoms with Gasteiger partial charge in [-0.3, -0.25) is 4.79 Å². The fourth-order valence-electron chi connectivity index (χ4n) is 3.54. The molecule has 2 rings (SSSR count). The molecule has 4 nitrogen and oxygen atoms in total. The lowest BCUT2D eigenvalue weighted by atomic mass is 9.62. The largest absolute Gasteiger partial charge is 0.392 e. The van der Waals surface area contributed by atoms with Crippen molar-refractivity contribution in [3.63, 3.8) is 0 Å². The Morgan fingerprint density at radius 1 is 1.40 bits per heavy atom. The van der Waals surface area contributed by atoms with Crippen LogP contribution in [0.5, 0.6) is 0 Å². The molecule has 0 spiro atoms. The lowest BCUT2D eigenvalue weighted by Gasteiger charge is -2.44. The van der Waals surface area contributed by atoms with Crippen LogP contribution in [0.2, 0.25) is 0 Å². The number of rotatable bonds is 5. The summed E-state index contributed by atoms with van der Waals surface area (Å²) in [6.45, 7) is 5.24. The normalized spacial score (nSPS) is 31.6. The number of nitrogens with two attached hydrogens (primary N) is 1. The van der Waals surface area contributed by atoms with Gasteiger partial charge in [0.2, 0.25) is 5.91 Å². The highest BCUT2D eigenvalue weighted by Crippen LogP contribution is 2.45. The average molecular weight is 297 g/mol. The smallest absolute Gasteiger partial charge is 0.233 e. The highest BCUT2D eigenvalue weighted by molar-refractivity contribution is 7.80. The molecule has 1 amide bonds. The number of nitrogens with one attached hydrogen (secondary N) is 1. The summed E-state index contributed by atoms with van der Waals surface area (Å²) in [5.74, 6) is 1.35. The fraction of sp³-hybridized carbons (Fsp3) is 0.867. The number of hydrogen-bond acceptors (Lipinski definition) is 3. The summed E-state index contributed by atoms with van der Waals surface area (Å²) in [5, 5.41) is 3.07. The molecule has 0 aromatic carbocycles. The van der Waals surface area contributed by atoms with Crippen LogP contribution >= 0.6 is 12.2 Å². The summed E-state index contributed by atoms with van der Waals surface area (Å²) in [6, 6.07) is 0. The van der Waals surface area contributed by atoms with Crippen molar-refractivity contribution in [1.82, 2.24) is 10.2 Å². The highest BCUT2D eigenvalue weighted by atomic mass is 32.1. The first-order chi connectivity index (χ1) is 9.44. The molecular weight excluding hydrogens is 270 g/mol. The third-order valence-electron chi connectivity index (χ3n) is 4.98. The predicted octanol–water partition coefficient (Wildman–Crippen LogP) is 1.54. The zero-order chi connectivity index (χ0) is 14.8. The molecule has 1 aliphatic heterocycles. The molecule has 1 saturated carbocycles. The third-order valence-corrected chi connectivity index (χ3v) is 5.37. The van der Waals surface area contributed by atoms with Gasteiger partial charge in [-0.2, -0.15) is 0 Å². The average Bonchev–Trinajstić information content (AvgIpc) is 2.36. The maximum Gasteiger partial charge on any atom is 0.233 e. The van der Waals surface area contributed by atoms with E-state index >= 15 is 0 Å². The summed E-state index contributed by atoms with van der Waals surface area (Å²) >= 11 is 5.11. The molecule has 0 aromatic heterocycles. The van der Waals surface area contributed by atoms with Gasteiger partial charge >= 0.3 is 0 Å². The number of amides is 1. The molecular formula is C15H27N3OS. The maximum atomic E-state index is 12.3. The van der Waals surface area contributed by atoms with E-state index < -0.39 is 5.41 Å². The van der Waals surface area contributed by atoms with E-state index in [0.29, 0.717) is 10.9 Å². The van der Waals surface area contributed by atoms with Crippen LogP contribution < -0.4 is 11.1 Å². The zero-order valence-corrected chi connectivity index (χ0v) is 13.5. The van der Waals surface area contributed by atoms with Gasteiger partial charge in [0.25, 0.3) is 0 Å². The predicted molar refractivity (Wildman–Crippen MR) is 85.5 cm³/mol. The molecule has 1 aliphatic carbocycles. The summed E-state index contributed by atoms with van der Waals surface area (Å²) in [6.07, 6.45) is 5.17. The van der Waals surface area contributed by atoms with E-state index in [2.05, 4.69) is 24.2 Å².